The van der Waals surface area contributed by atoms with Crippen molar-refractivity contribution in [3.05, 3.63) is 42.2 Å². The molecule has 4 nitrogen and oxygen atoms in total. The van der Waals surface area contributed by atoms with E-state index in [-0.39, 0.29) is 11.9 Å². The number of hydrogen-bond donors (Lipinski definition) is 1. The predicted octanol–water partition coefficient (Wildman–Crippen LogP) is 2.66. The Morgan fingerprint density at radius 2 is 2.27 bits per heavy atom. The summed E-state index contributed by atoms with van der Waals surface area (Å²) < 4.78 is 0. The number of piperidine rings is 1. The first-order valence-electron chi connectivity index (χ1n) is 8.41. The SMILES string of the molecule is O=C(N[C@H]1CC=CCC1)[C@@H]1CCCCN1Cc1cccnc1. The van der Waals surface area contributed by atoms with Gasteiger partial charge in [-0.15, -0.1) is 0 Å². The van der Waals surface area contributed by atoms with E-state index >= 15 is 0 Å². The third-order valence-electron chi connectivity index (χ3n) is 4.64. The zero-order valence-electron chi connectivity index (χ0n) is 13.1. The monoisotopic (exact) mass is 299 g/mol. The van der Waals surface area contributed by atoms with E-state index in [1.807, 2.05) is 12.3 Å². The molecule has 0 radical (unpaired) electrons. The van der Waals surface area contributed by atoms with Gasteiger partial charge in [0.1, 0.15) is 0 Å². The number of aromatic nitrogens is 1. The first-order valence-corrected chi connectivity index (χ1v) is 8.41. The average Bonchev–Trinajstić information content (AvgIpc) is 2.57. The number of allylic oxidation sites excluding steroid dienone is 1. The van der Waals surface area contributed by atoms with Gasteiger partial charge in [-0.3, -0.25) is 14.7 Å². The summed E-state index contributed by atoms with van der Waals surface area (Å²) in [6.45, 7) is 1.81. The van der Waals surface area contributed by atoms with Gasteiger partial charge in [-0.05, 0) is 50.3 Å². The second-order valence-electron chi connectivity index (χ2n) is 6.33. The molecule has 1 aromatic heterocycles. The molecule has 1 aliphatic carbocycles. The molecule has 0 spiro atoms. The molecule has 118 valence electrons. The second-order valence-corrected chi connectivity index (χ2v) is 6.33. The molecule has 2 atom stereocenters. The maximum Gasteiger partial charge on any atom is 0.237 e. The Bertz CT molecular complexity index is 514. The minimum absolute atomic E-state index is 0.0138. The standard InChI is InChI=1S/C18H25N3O/c22-18(20-16-8-2-1-3-9-16)17-10-4-5-12-21(17)14-15-7-6-11-19-13-15/h1-2,6-7,11,13,16-17H,3-5,8-10,12,14H2,(H,20,22)/t16-,17-/m0/s1. The first-order chi connectivity index (χ1) is 10.8. The fourth-order valence-corrected chi connectivity index (χ4v) is 3.43. The second kappa shape index (κ2) is 7.54. The molecule has 1 amide bonds. The summed E-state index contributed by atoms with van der Waals surface area (Å²) >= 11 is 0. The first kappa shape index (κ1) is 15.2. The molecule has 1 aliphatic heterocycles. The van der Waals surface area contributed by atoms with Crippen molar-refractivity contribution in [1.29, 1.82) is 0 Å². The van der Waals surface area contributed by atoms with Gasteiger partial charge in [-0.2, -0.15) is 0 Å². The number of carbonyl (C=O) groups is 1. The van der Waals surface area contributed by atoms with Crippen LogP contribution in [0.15, 0.2) is 36.7 Å². The zero-order valence-corrected chi connectivity index (χ0v) is 13.1. The number of hydrogen-bond acceptors (Lipinski definition) is 3. The van der Waals surface area contributed by atoms with Gasteiger partial charge in [-0.1, -0.05) is 24.6 Å². The fourth-order valence-electron chi connectivity index (χ4n) is 3.43. The number of nitrogens with one attached hydrogen (secondary N) is 1. The van der Waals surface area contributed by atoms with Crippen molar-refractivity contribution in [2.75, 3.05) is 6.54 Å². The topological polar surface area (TPSA) is 45.2 Å². The number of carbonyl (C=O) groups excluding carboxylic acids is 1. The molecule has 0 unspecified atom stereocenters. The molecule has 22 heavy (non-hydrogen) atoms. The highest BCUT2D eigenvalue weighted by atomic mass is 16.2. The highest BCUT2D eigenvalue weighted by Gasteiger charge is 2.29. The minimum atomic E-state index is 0.0138. The average molecular weight is 299 g/mol. The molecule has 1 aromatic rings. The maximum atomic E-state index is 12.7. The van der Waals surface area contributed by atoms with Crippen molar-refractivity contribution in [2.24, 2.45) is 0 Å². The lowest BCUT2D eigenvalue weighted by molar-refractivity contribution is -0.128. The molecule has 2 heterocycles. The molecule has 1 fully saturated rings. The van der Waals surface area contributed by atoms with Crippen LogP contribution >= 0.6 is 0 Å². The fraction of sp³-hybridized carbons (Fsp3) is 0.556. The van der Waals surface area contributed by atoms with Crippen LogP contribution in [0.2, 0.25) is 0 Å². The lowest BCUT2D eigenvalue weighted by atomic mass is 9.98. The van der Waals surface area contributed by atoms with Crippen LogP contribution in [0.25, 0.3) is 0 Å². The van der Waals surface area contributed by atoms with E-state index in [0.717, 1.165) is 45.2 Å². The van der Waals surface area contributed by atoms with E-state index in [1.54, 1.807) is 6.20 Å². The largest absolute Gasteiger partial charge is 0.352 e. The van der Waals surface area contributed by atoms with Crippen LogP contribution in [0.3, 0.4) is 0 Å². The summed E-state index contributed by atoms with van der Waals surface area (Å²) in [5.74, 6) is 0.212. The smallest absolute Gasteiger partial charge is 0.237 e. The van der Waals surface area contributed by atoms with Crippen molar-refractivity contribution in [3.63, 3.8) is 0 Å². The van der Waals surface area contributed by atoms with E-state index in [2.05, 4.69) is 33.4 Å². The van der Waals surface area contributed by atoms with Crippen LogP contribution in [-0.4, -0.2) is 34.4 Å². The maximum absolute atomic E-state index is 12.7. The van der Waals surface area contributed by atoms with E-state index < -0.39 is 0 Å². The van der Waals surface area contributed by atoms with Gasteiger partial charge in [0, 0.05) is 25.0 Å². The highest BCUT2D eigenvalue weighted by Crippen LogP contribution is 2.20. The van der Waals surface area contributed by atoms with Crippen molar-refractivity contribution >= 4 is 5.91 Å². The van der Waals surface area contributed by atoms with Gasteiger partial charge >= 0.3 is 0 Å². The van der Waals surface area contributed by atoms with E-state index in [4.69, 9.17) is 0 Å². The van der Waals surface area contributed by atoms with Crippen molar-refractivity contribution in [3.8, 4) is 0 Å². The van der Waals surface area contributed by atoms with Gasteiger partial charge in [0.15, 0.2) is 0 Å². The summed E-state index contributed by atoms with van der Waals surface area (Å²) in [4.78, 5) is 19.2. The number of likely N-dealkylation sites (tertiary alicyclic amines) is 1. The summed E-state index contributed by atoms with van der Waals surface area (Å²) in [6, 6.07) is 4.38. The van der Waals surface area contributed by atoms with Gasteiger partial charge in [0.25, 0.3) is 0 Å². The van der Waals surface area contributed by atoms with Gasteiger partial charge in [-0.25, -0.2) is 0 Å². The molecular weight excluding hydrogens is 274 g/mol. The summed E-state index contributed by atoms with van der Waals surface area (Å²) in [5.41, 5.74) is 1.18. The Labute approximate surface area is 132 Å². The van der Waals surface area contributed by atoms with Crippen LogP contribution in [0.1, 0.15) is 44.1 Å². The Kier molecular flexibility index (Phi) is 5.22. The molecule has 0 saturated carbocycles. The van der Waals surface area contributed by atoms with Gasteiger partial charge in [0.05, 0.1) is 6.04 Å². The Hall–Kier alpha value is -1.68. The highest BCUT2D eigenvalue weighted by molar-refractivity contribution is 5.82. The summed E-state index contributed by atoms with van der Waals surface area (Å²) in [5, 5.41) is 3.26. The molecular formula is C18H25N3O. The summed E-state index contributed by atoms with van der Waals surface area (Å²) in [7, 11) is 0. The molecule has 1 N–H and O–H groups in total. The third kappa shape index (κ3) is 3.95. The quantitative estimate of drug-likeness (QED) is 0.869. The molecule has 2 aliphatic rings. The van der Waals surface area contributed by atoms with Crippen molar-refractivity contribution < 1.29 is 4.79 Å². The van der Waals surface area contributed by atoms with Gasteiger partial charge in [0.2, 0.25) is 5.91 Å². The van der Waals surface area contributed by atoms with Gasteiger partial charge < -0.3 is 5.32 Å². The molecule has 0 aromatic carbocycles. The van der Waals surface area contributed by atoms with Crippen LogP contribution in [0, 0.1) is 0 Å². The Morgan fingerprint density at radius 3 is 3.05 bits per heavy atom. The Morgan fingerprint density at radius 1 is 1.32 bits per heavy atom. The van der Waals surface area contributed by atoms with E-state index in [1.165, 1.54) is 12.0 Å². The number of nitrogens with zero attached hydrogens (tertiary/aromatic N) is 2. The third-order valence-corrected chi connectivity index (χ3v) is 4.64. The molecule has 0 bridgehead atoms. The predicted molar refractivity (Wildman–Crippen MR) is 87.2 cm³/mol. The van der Waals surface area contributed by atoms with Crippen LogP contribution in [-0.2, 0) is 11.3 Å². The lowest BCUT2D eigenvalue weighted by Crippen LogP contribution is -2.51. The number of amides is 1. The Balaban J connectivity index is 1.61. The summed E-state index contributed by atoms with van der Waals surface area (Å²) in [6.07, 6.45) is 14.5. The lowest BCUT2D eigenvalue weighted by Gasteiger charge is -2.35. The molecule has 4 heteroatoms. The van der Waals surface area contributed by atoms with E-state index in [0.29, 0.717) is 6.04 Å². The van der Waals surface area contributed by atoms with Crippen LogP contribution < -0.4 is 5.32 Å². The number of rotatable bonds is 4. The zero-order chi connectivity index (χ0) is 15.2. The number of pyridine rings is 1. The normalized spacial score (nSPS) is 25.8. The minimum Gasteiger partial charge on any atom is -0.352 e. The van der Waals surface area contributed by atoms with Crippen LogP contribution in [0.4, 0.5) is 0 Å². The van der Waals surface area contributed by atoms with E-state index in [9.17, 15) is 4.79 Å². The van der Waals surface area contributed by atoms with Crippen molar-refractivity contribution in [2.45, 2.75) is 57.2 Å². The molecule has 1 saturated heterocycles. The van der Waals surface area contributed by atoms with Crippen molar-refractivity contribution in [1.82, 2.24) is 15.2 Å². The van der Waals surface area contributed by atoms with Crippen LogP contribution in [0.5, 0.6) is 0 Å². The molecule has 3 rings (SSSR count).